The van der Waals surface area contributed by atoms with E-state index in [1.165, 1.54) is 11.3 Å². The highest BCUT2D eigenvalue weighted by Crippen LogP contribution is 2.41. The lowest BCUT2D eigenvalue weighted by Crippen LogP contribution is -2.53. The fourth-order valence-corrected chi connectivity index (χ4v) is 10.4. The number of aromatic nitrogens is 4. The third-order valence-corrected chi connectivity index (χ3v) is 14.7. The van der Waals surface area contributed by atoms with E-state index in [4.69, 9.17) is 14.7 Å². The van der Waals surface area contributed by atoms with Crippen LogP contribution in [0.1, 0.15) is 88.1 Å². The molecule has 72 heavy (non-hydrogen) atoms. The molecule has 3 atom stereocenters. The molecule has 0 spiro atoms. The Morgan fingerprint density at radius 3 is 1.83 bits per heavy atom. The summed E-state index contributed by atoms with van der Waals surface area (Å²) in [6.45, 7) is 4.59. The van der Waals surface area contributed by atoms with Gasteiger partial charge in [-0.3, -0.25) is 9.78 Å². The third-order valence-electron chi connectivity index (χ3n) is 12.7. The first-order chi connectivity index (χ1) is 35.1. The Kier molecular flexibility index (Phi) is 17.8. The highest BCUT2D eigenvalue weighted by atomic mass is 32.1. The average molecular weight is 999 g/mol. The van der Waals surface area contributed by atoms with Crippen LogP contribution in [0.15, 0.2) is 181 Å². The molecule has 0 fully saturated rings. The van der Waals surface area contributed by atoms with Gasteiger partial charge in [-0.05, 0) is 59.9 Å². The molecule has 4 amide bonds. The number of nitrogens with one attached hydrogen (secondary N) is 3. The first-order valence-corrected chi connectivity index (χ1v) is 26.2. The SMILES string of the molecule is CC(C)c1nc(CN(C)C(=O)N[C@@H](Cc2cn(C(c3ccccc3)(c3ccccc3)c3ccccc3)cn2)C(=O)NC(CC[C@@H](CCc2ccccc2)NC(=O)OCc2cncs2)Cc2ccccc2)cs1. The van der Waals surface area contributed by atoms with Crippen molar-refractivity contribution in [2.75, 3.05) is 7.05 Å². The maximum atomic E-state index is 15.1. The number of carbonyl (C=O) groups excluding carboxylic acids is 3. The Morgan fingerprint density at radius 2 is 1.26 bits per heavy atom. The number of hydrogen-bond acceptors (Lipinski definition) is 9. The van der Waals surface area contributed by atoms with Gasteiger partial charge in [0.15, 0.2) is 0 Å². The molecule has 0 aliphatic rings. The molecule has 0 radical (unpaired) electrons. The van der Waals surface area contributed by atoms with Gasteiger partial charge in [0.2, 0.25) is 5.91 Å². The molecule has 3 N–H and O–H groups in total. The van der Waals surface area contributed by atoms with Crippen LogP contribution in [0.2, 0.25) is 0 Å². The fourth-order valence-electron chi connectivity index (χ4n) is 9.05. The Bertz CT molecular complexity index is 2800. The Hall–Kier alpha value is -7.42. The molecule has 3 aromatic heterocycles. The molecule has 8 aromatic rings. The van der Waals surface area contributed by atoms with Gasteiger partial charge in [-0.2, -0.15) is 0 Å². The van der Waals surface area contributed by atoms with Gasteiger partial charge >= 0.3 is 12.1 Å². The maximum absolute atomic E-state index is 15.1. The lowest BCUT2D eigenvalue weighted by Gasteiger charge is -2.37. The maximum Gasteiger partial charge on any atom is 0.407 e. The number of hydrogen-bond donors (Lipinski definition) is 3. The molecule has 5 aromatic carbocycles. The molecule has 370 valence electrons. The molecular weight excluding hydrogens is 937 g/mol. The fraction of sp³-hybridized carbons (Fsp3) is 0.276. The minimum Gasteiger partial charge on any atom is -0.444 e. The number of carbonyl (C=O) groups is 3. The molecular formula is C58H62N8O4S2. The molecule has 8 rings (SSSR count). The van der Waals surface area contributed by atoms with Crippen LogP contribution in [0.25, 0.3) is 0 Å². The summed E-state index contributed by atoms with van der Waals surface area (Å²) >= 11 is 3.00. The van der Waals surface area contributed by atoms with Crippen LogP contribution in [0.4, 0.5) is 9.59 Å². The quantitative estimate of drug-likeness (QED) is 0.0542. The number of urea groups is 1. The molecule has 3 heterocycles. The topological polar surface area (TPSA) is 143 Å². The van der Waals surface area contributed by atoms with Gasteiger partial charge in [-0.1, -0.05) is 166 Å². The highest BCUT2D eigenvalue weighted by Gasteiger charge is 2.39. The third kappa shape index (κ3) is 13.5. The van der Waals surface area contributed by atoms with E-state index >= 15 is 4.79 Å². The minimum atomic E-state index is -1.02. The van der Waals surface area contributed by atoms with Crippen molar-refractivity contribution in [3.05, 3.63) is 230 Å². The van der Waals surface area contributed by atoms with E-state index in [1.54, 1.807) is 35.0 Å². The predicted molar refractivity (Wildman–Crippen MR) is 286 cm³/mol. The number of nitrogens with zero attached hydrogens (tertiary/aromatic N) is 5. The zero-order chi connectivity index (χ0) is 50.1. The van der Waals surface area contributed by atoms with E-state index in [9.17, 15) is 9.59 Å². The smallest absolute Gasteiger partial charge is 0.407 e. The number of imidazole rings is 1. The van der Waals surface area contributed by atoms with Crippen LogP contribution in [-0.2, 0) is 47.5 Å². The summed E-state index contributed by atoms with van der Waals surface area (Å²) in [4.78, 5) is 58.8. The zero-order valence-electron chi connectivity index (χ0n) is 41.0. The van der Waals surface area contributed by atoms with Gasteiger partial charge < -0.3 is 30.2 Å². The van der Waals surface area contributed by atoms with E-state index in [-0.39, 0.29) is 43.5 Å². The number of rotatable bonds is 23. The highest BCUT2D eigenvalue weighted by molar-refractivity contribution is 7.09. The molecule has 14 heteroatoms. The summed E-state index contributed by atoms with van der Waals surface area (Å²) in [7, 11) is 1.71. The van der Waals surface area contributed by atoms with Crippen LogP contribution >= 0.6 is 22.7 Å². The molecule has 0 saturated carbocycles. The van der Waals surface area contributed by atoms with Crippen molar-refractivity contribution in [2.24, 2.45) is 0 Å². The van der Waals surface area contributed by atoms with Gasteiger partial charge in [0.1, 0.15) is 18.2 Å². The van der Waals surface area contributed by atoms with Crippen LogP contribution in [-0.4, -0.2) is 67.6 Å². The number of amides is 4. The van der Waals surface area contributed by atoms with Crippen molar-refractivity contribution in [1.82, 2.24) is 40.4 Å². The van der Waals surface area contributed by atoms with Crippen LogP contribution in [0.5, 0.6) is 0 Å². The minimum absolute atomic E-state index is 0.103. The van der Waals surface area contributed by atoms with E-state index in [1.807, 2.05) is 121 Å². The van der Waals surface area contributed by atoms with Crippen molar-refractivity contribution in [3.8, 4) is 0 Å². The summed E-state index contributed by atoms with van der Waals surface area (Å²) in [5.74, 6) is -0.0805. The lowest BCUT2D eigenvalue weighted by molar-refractivity contribution is -0.123. The van der Waals surface area contributed by atoms with Gasteiger partial charge in [-0.15, -0.1) is 22.7 Å². The van der Waals surface area contributed by atoms with Gasteiger partial charge in [0.25, 0.3) is 0 Å². The summed E-state index contributed by atoms with van der Waals surface area (Å²) in [6, 6.07) is 49.2. The monoisotopic (exact) mass is 998 g/mol. The molecule has 0 aliphatic carbocycles. The van der Waals surface area contributed by atoms with Crippen LogP contribution < -0.4 is 16.0 Å². The molecule has 0 saturated heterocycles. The average Bonchev–Trinajstić information content (AvgIpc) is 4.22. The van der Waals surface area contributed by atoms with Crippen molar-refractivity contribution >= 4 is 40.7 Å². The van der Waals surface area contributed by atoms with Gasteiger partial charge in [0, 0.05) is 49.2 Å². The second-order valence-electron chi connectivity index (χ2n) is 18.4. The first-order valence-electron chi connectivity index (χ1n) is 24.5. The number of ether oxygens (including phenoxy) is 1. The molecule has 0 aliphatic heterocycles. The summed E-state index contributed by atoms with van der Waals surface area (Å²) < 4.78 is 7.74. The van der Waals surface area contributed by atoms with Gasteiger partial charge in [0.05, 0.1) is 39.7 Å². The van der Waals surface area contributed by atoms with E-state index < -0.39 is 23.7 Å². The normalized spacial score (nSPS) is 12.7. The molecule has 0 bridgehead atoms. The van der Waals surface area contributed by atoms with E-state index in [2.05, 4.69) is 87.9 Å². The summed E-state index contributed by atoms with van der Waals surface area (Å²) in [5, 5.41) is 12.6. The van der Waals surface area contributed by atoms with Crippen molar-refractivity contribution in [2.45, 2.75) is 95.1 Å². The molecule has 12 nitrogen and oxygen atoms in total. The standard InChI is InChI=1S/C58H62N8O4S2/c1-42(2)55-62-51(39-71-55)36-65(3)56(68)64-53(34-50-37-66(40-60-50)58(45-23-13-6-14-24-45,46-25-15-7-16-26-46)47-27-17-8-18-28-47)54(67)61-49(33-44-21-11-5-12-22-44)32-31-48(30-29-43-19-9-4-10-20-43)63-57(69)70-38-52-35-59-41-72-52/h4-28,35,37,39-42,48-49,53H,29-34,36,38H2,1-3H3,(H,61,67)(H,63,69)(H,64,68)/t48-,49?,53+/m1/s1. The second kappa shape index (κ2) is 25.1. The first kappa shape index (κ1) is 51.0. The van der Waals surface area contributed by atoms with E-state index in [0.29, 0.717) is 31.4 Å². The largest absolute Gasteiger partial charge is 0.444 e. The van der Waals surface area contributed by atoms with Crippen molar-refractivity contribution in [3.63, 3.8) is 0 Å². The number of benzene rings is 5. The number of thiazole rings is 2. The Morgan fingerprint density at radius 1 is 0.681 bits per heavy atom. The zero-order valence-corrected chi connectivity index (χ0v) is 42.6. The second-order valence-corrected chi connectivity index (χ2v) is 20.2. The van der Waals surface area contributed by atoms with E-state index in [0.717, 1.165) is 49.8 Å². The lowest BCUT2D eigenvalue weighted by atomic mass is 9.77. The van der Waals surface area contributed by atoms with Crippen LogP contribution in [0.3, 0.4) is 0 Å². The Labute approximate surface area is 430 Å². The number of aryl methyl sites for hydroxylation is 1. The van der Waals surface area contributed by atoms with Crippen LogP contribution in [0, 0.1) is 0 Å². The summed E-state index contributed by atoms with van der Waals surface area (Å²) in [6.07, 6.45) is 8.11. The van der Waals surface area contributed by atoms with Crippen molar-refractivity contribution < 1.29 is 19.1 Å². The summed E-state index contributed by atoms with van der Waals surface area (Å²) in [5.41, 5.74) is 7.59. The number of alkyl carbamates (subject to hydrolysis) is 1. The Balaban J connectivity index is 1.08. The van der Waals surface area contributed by atoms with Crippen molar-refractivity contribution in [1.29, 1.82) is 0 Å². The molecule has 1 unspecified atom stereocenters. The van der Waals surface area contributed by atoms with Gasteiger partial charge in [-0.25, -0.2) is 19.6 Å². The predicted octanol–water partition coefficient (Wildman–Crippen LogP) is 10.9.